The van der Waals surface area contributed by atoms with Crippen LogP contribution < -0.4 is 10.6 Å². The number of rotatable bonds is 5. The molecule has 2 aromatic rings. The fourth-order valence-electron chi connectivity index (χ4n) is 2.02. The summed E-state index contributed by atoms with van der Waals surface area (Å²) in [6.45, 7) is 2.80. The molecule has 4 heteroatoms. The van der Waals surface area contributed by atoms with Gasteiger partial charge in [-0.3, -0.25) is 0 Å². The van der Waals surface area contributed by atoms with Crippen molar-refractivity contribution in [2.75, 3.05) is 18.5 Å². The molecule has 1 heterocycles. The Hall–Kier alpha value is -1.52. The monoisotopic (exact) mass is 276 g/mol. The van der Waals surface area contributed by atoms with Gasteiger partial charge in [0.2, 0.25) is 0 Å². The van der Waals surface area contributed by atoms with E-state index in [9.17, 15) is 5.11 Å². The molecule has 3 N–H and O–H groups in total. The van der Waals surface area contributed by atoms with Crippen LogP contribution in [0.3, 0.4) is 0 Å². The first-order valence-electron chi connectivity index (χ1n) is 6.40. The first-order valence-corrected chi connectivity index (χ1v) is 7.28. The number of thiophene rings is 1. The molecule has 102 valence electrons. The maximum atomic E-state index is 9.96. The summed E-state index contributed by atoms with van der Waals surface area (Å²) < 4.78 is 0. The third kappa shape index (κ3) is 3.49. The highest BCUT2D eigenvalue weighted by Crippen LogP contribution is 2.27. The molecule has 0 radical (unpaired) electrons. The van der Waals surface area contributed by atoms with Gasteiger partial charge in [0, 0.05) is 41.8 Å². The van der Waals surface area contributed by atoms with E-state index in [2.05, 4.69) is 22.4 Å². The third-order valence-electron chi connectivity index (χ3n) is 3.22. The Morgan fingerprint density at radius 2 is 2.16 bits per heavy atom. The zero-order valence-electron chi connectivity index (χ0n) is 11.3. The molecule has 1 unspecified atom stereocenters. The lowest BCUT2D eigenvalue weighted by molar-refractivity contribution is 0.464. The number of likely N-dealkylation sites (N-methyl/N-ethyl adjacent to an activating group) is 1. The maximum absolute atomic E-state index is 9.96. The molecule has 1 aromatic heterocycles. The lowest BCUT2D eigenvalue weighted by Crippen LogP contribution is -2.20. The number of nitrogens with zero attached hydrogens (tertiary/aromatic N) is 1. The number of hydrogen-bond acceptors (Lipinski definition) is 4. The summed E-state index contributed by atoms with van der Waals surface area (Å²) in [5.74, 6) is 0.274. The number of phenolic OH excluding ortho intramolecular Hbond substituents is 1. The molecule has 0 bridgehead atoms. The molecule has 1 atom stereocenters. The van der Waals surface area contributed by atoms with Crippen molar-refractivity contribution < 1.29 is 5.11 Å². The number of hydrogen-bond donors (Lipinski definition) is 2. The van der Waals surface area contributed by atoms with E-state index >= 15 is 0 Å². The van der Waals surface area contributed by atoms with Crippen LogP contribution in [0.1, 0.15) is 23.4 Å². The first kappa shape index (κ1) is 13.9. The van der Waals surface area contributed by atoms with Gasteiger partial charge in [0.05, 0.1) is 0 Å². The Labute approximate surface area is 118 Å². The first-order chi connectivity index (χ1) is 9.08. The van der Waals surface area contributed by atoms with Crippen LogP contribution in [0.5, 0.6) is 5.75 Å². The van der Waals surface area contributed by atoms with Gasteiger partial charge < -0.3 is 15.7 Å². The fraction of sp³-hybridized carbons (Fsp3) is 0.333. The van der Waals surface area contributed by atoms with Gasteiger partial charge in [-0.1, -0.05) is 12.1 Å². The number of phenols is 1. The van der Waals surface area contributed by atoms with Crippen LogP contribution in [-0.2, 0) is 6.42 Å². The van der Waals surface area contributed by atoms with E-state index in [1.165, 1.54) is 4.88 Å². The molecule has 2 rings (SSSR count). The van der Waals surface area contributed by atoms with Gasteiger partial charge in [-0.25, -0.2) is 0 Å². The molecule has 0 spiro atoms. The van der Waals surface area contributed by atoms with Crippen LogP contribution in [0, 0.1) is 0 Å². The fourth-order valence-corrected chi connectivity index (χ4v) is 2.71. The van der Waals surface area contributed by atoms with Crippen LogP contribution >= 0.6 is 11.3 Å². The molecular weight excluding hydrogens is 256 g/mol. The number of anilines is 1. The molecule has 3 nitrogen and oxygen atoms in total. The standard InChI is InChI=1S/C15H20N2OS/c1-11(16)14-6-5-12(10-15(14)18)17(2)8-7-13-4-3-9-19-13/h3-6,9-11,18H,7-8,16H2,1-2H3. The molecule has 19 heavy (non-hydrogen) atoms. The molecule has 0 aliphatic rings. The van der Waals surface area contributed by atoms with Crippen LogP contribution in [0.25, 0.3) is 0 Å². The van der Waals surface area contributed by atoms with Crippen LogP contribution in [-0.4, -0.2) is 18.7 Å². The summed E-state index contributed by atoms with van der Waals surface area (Å²) in [5.41, 5.74) is 7.59. The quantitative estimate of drug-likeness (QED) is 0.882. The van der Waals surface area contributed by atoms with E-state index in [0.717, 1.165) is 24.2 Å². The molecule has 0 aliphatic carbocycles. The van der Waals surface area contributed by atoms with Crippen molar-refractivity contribution in [2.24, 2.45) is 5.73 Å². The maximum Gasteiger partial charge on any atom is 0.122 e. The Bertz CT molecular complexity index is 523. The van der Waals surface area contributed by atoms with Crippen molar-refractivity contribution in [3.63, 3.8) is 0 Å². The molecule has 0 fully saturated rings. The second-order valence-electron chi connectivity index (χ2n) is 4.78. The summed E-state index contributed by atoms with van der Waals surface area (Å²) in [5, 5.41) is 12.1. The molecule has 0 amide bonds. The Morgan fingerprint density at radius 1 is 1.37 bits per heavy atom. The minimum atomic E-state index is -0.148. The Morgan fingerprint density at radius 3 is 2.74 bits per heavy atom. The van der Waals surface area contributed by atoms with Gasteiger partial charge >= 0.3 is 0 Å². The minimum absolute atomic E-state index is 0.148. The highest BCUT2D eigenvalue weighted by molar-refractivity contribution is 7.09. The minimum Gasteiger partial charge on any atom is -0.508 e. The summed E-state index contributed by atoms with van der Waals surface area (Å²) in [6, 6.07) is 9.76. The normalized spacial score (nSPS) is 12.4. The smallest absolute Gasteiger partial charge is 0.122 e. The average Bonchev–Trinajstić information content (AvgIpc) is 2.88. The molecule has 0 aliphatic heterocycles. The van der Waals surface area contributed by atoms with Crippen LogP contribution in [0.4, 0.5) is 5.69 Å². The predicted molar refractivity (Wildman–Crippen MR) is 82.0 cm³/mol. The zero-order valence-corrected chi connectivity index (χ0v) is 12.2. The lowest BCUT2D eigenvalue weighted by Gasteiger charge is -2.20. The molecule has 0 saturated carbocycles. The van der Waals surface area contributed by atoms with Crippen molar-refractivity contribution in [2.45, 2.75) is 19.4 Å². The summed E-state index contributed by atoms with van der Waals surface area (Å²) in [4.78, 5) is 3.52. The van der Waals surface area contributed by atoms with E-state index in [4.69, 9.17) is 5.73 Å². The predicted octanol–water partition coefficient (Wildman–Crippen LogP) is 3.15. The van der Waals surface area contributed by atoms with Crippen LogP contribution in [0.2, 0.25) is 0 Å². The second-order valence-corrected chi connectivity index (χ2v) is 5.81. The summed E-state index contributed by atoms with van der Waals surface area (Å²) >= 11 is 1.78. The van der Waals surface area contributed by atoms with Crippen molar-refractivity contribution in [3.8, 4) is 5.75 Å². The van der Waals surface area contributed by atoms with Crippen molar-refractivity contribution in [1.29, 1.82) is 0 Å². The van der Waals surface area contributed by atoms with Gasteiger partial charge in [0.15, 0.2) is 0 Å². The molecule has 1 aromatic carbocycles. The van der Waals surface area contributed by atoms with Crippen molar-refractivity contribution in [1.82, 2.24) is 0 Å². The van der Waals surface area contributed by atoms with E-state index in [1.807, 2.05) is 26.1 Å². The Balaban J connectivity index is 2.03. The highest BCUT2D eigenvalue weighted by atomic mass is 32.1. The average molecular weight is 276 g/mol. The van der Waals surface area contributed by atoms with E-state index in [-0.39, 0.29) is 11.8 Å². The number of nitrogens with two attached hydrogens (primary N) is 1. The summed E-state index contributed by atoms with van der Waals surface area (Å²) in [6.07, 6.45) is 1.02. The largest absolute Gasteiger partial charge is 0.508 e. The number of aromatic hydroxyl groups is 1. The lowest BCUT2D eigenvalue weighted by atomic mass is 10.1. The summed E-state index contributed by atoms with van der Waals surface area (Å²) in [7, 11) is 2.04. The van der Waals surface area contributed by atoms with Gasteiger partial charge in [-0.2, -0.15) is 0 Å². The van der Waals surface area contributed by atoms with Gasteiger partial charge in [-0.05, 0) is 30.9 Å². The topological polar surface area (TPSA) is 49.5 Å². The Kier molecular flexibility index (Phi) is 4.45. The molecular formula is C15H20N2OS. The van der Waals surface area contributed by atoms with Gasteiger partial charge in [0.1, 0.15) is 5.75 Å². The molecule has 0 saturated heterocycles. The van der Waals surface area contributed by atoms with E-state index in [0.29, 0.717) is 0 Å². The van der Waals surface area contributed by atoms with E-state index < -0.39 is 0 Å². The van der Waals surface area contributed by atoms with E-state index in [1.54, 1.807) is 17.4 Å². The SMILES string of the molecule is CC(N)c1ccc(N(C)CCc2cccs2)cc1O. The van der Waals surface area contributed by atoms with Crippen molar-refractivity contribution >= 4 is 17.0 Å². The van der Waals surface area contributed by atoms with Crippen LogP contribution in [0.15, 0.2) is 35.7 Å². The number of benzene rings is 1. The zero-order chi connectivity index (χ0) is 13.8. The van der Waals surface area contributed by atoms with Crippen molar-refractivity contribution in [3.05, 3.63) is 46.2 Å². The van der Waals surface area contributed by atoms with Gasteiger partial charge in [-0.15, -0.1) is 11.3 Å². The van der Waals surface area contributed by atoms with Gasteiger partial charge in [0.25, 0.3) is 0 Å². The highest BCUT2D eigenvalue weighted by Gasteiger charge is 2.09. The third-order valence-corrected chi connectivity index (χ3v) is 4.16. The second kappa shape index (κ2) is 6.08.